The molecule has 6 heteroatoms. The van der Waals surface area contributed by atoms with E-state index >= 15 is 0 Å². The number of amides is 1. The van der Waals surface area contributed by atoms with E-state index in [0.29, 0.717) is 29.4 Å². The smallest absolute Gasteiger partial charge is 0.225 e. The zero-order chi connectivity index (χ0) is 16.2. The lowest BCUT2D eigenvalue weighted by molar-refractivity contribution is -0.115. The molecule has 0 bridgehead atoms. The van der Waals surface area contributed by atoms with Crippen LogP contribution in [0.15, 0.2) is 46.2 Å². The van der Waals surface area contributed by atoms with Crippen LogP contribution in [0, 0.1) is 0 Å². The monoisotopic (exact) mass is 326 g/mol. The number of nitrogens with zero attached hydrogens (tertiary/aromatic N) is 1. The Bertz CT molecular complexity index is 851. The fraction of sp³-hybridized carbons (Fsp3) is 0.118. The fourth-order valence-electron chi connectivity index (χ4n) is 2.07. The predicted molar refractivity (Wildman–Crippen MR) is 89.6 cm³/mol. The molecule has 0 aliphatic heterocycles. The molecule has 116 valence electrons. The molecule has 0 unspecified atom stereocenters. The van der Waals surface area contributed by atoms with Crippen LogP contribution in [0.2, 0.25) is 0 Å². The van der Waals surface area contributed by atoms with Crippen LogP contribution < -0.4 is 5.32 Å². The number of nitrogens with one attached hydrogen (secondary N) is 1. The molecule has 2 heterocycles. The molecular formula is C17H14N2O3S. The van der Waals surface area contributed by atoms with Crippen LogP contribution in [-0.4, -0.2) is 17.2 Å². The number of carbonyl (C=O) groups excluding carboxylic acids is 2. The summed E-state index contributed by atoms with van der Waals surface area (Å²) >= 11 is 1.38. The van der Waals surface area contributed by atoms with Gasteiger partial charge in [0, 0.05) is 22.9 Å². The van der Waals surface area contributed by atoms with Crippen LogP contribution in [0.25, 0.3) is 22.6 Å². The molecule has 3 aromatic rings. The molecule has 1 N–H and O–H groups in total. The number of carbonyl (C=O) groups is 2. The summed E-state index contributed by atoms with van der Waals surface area (Å²) in [5.74, 6) is 0.865. The highest BCUT2D eigenvalue weighted by atomic mass is 32.1. The summed E-state index contributed by atoms with van der Waals surface area (Å²) < 4.78 is 5.44. The molecule has 3 rings (SSSR count). The minimum absolute atomic E-state index is 0.0587. The summed E-state index contributed by atoms with van der Waals surface area (Å²) in [6.07, 6.45) is 1.10. The third-order valence-electron chi connectivity index (χ3n) is 3.26. The topological polar surface area (TPSA) is 72.2 Å². The number of hydrogen-bond acceptors (Lipinski definition) is 5. The highest BCUT2D eigenvalue weighted by molar-refractivity contribution is 7.14. The number of anilines is 1. The maximum atomic E-state index is 11.4. The third-order valence-corrected chi connectivity index (χ3v) is 4.02. The summed E-state index contributed by atoms with van der Waals surface area (Å²) in [6.45, 7) is 1.80. The number of rotatable bonds is 5. The molecular weight excluding hydrogens is 312 g/mol. The number of furan rings is 1. The second kappa shape index (κ2) is 6.58. The van der Waals surface area contributed by atoms with E-state index in [2.05, 4.69) is 10.3 Å². The Balaban J connectivity index is 1.87. The first-order valence-electron chi connectivity index (χ1n) is 7.11. The van der Waals surface area contributed by atoms with Gasteiger partial charge in [0.2, 0.25) is 5.91 Å². The highest BCUT2D eigenvalue weighted by Crippen LogP contribution is 2.29. The number of aromatic nitrogens is 1. The van der Waals surface area contributed by atoms with Gasteiger partial charge < -0.3 is 9.73 Å². The highest BCUT2D eigenvalue weighted by Gasteiger charge is 2.09. The lowest BCUT2D eigenvalue weighted by atomic mass is 10.1. The van der Waals surface area contributed by atoms with Crippen molar-refractivity contribution >= 4 is 28.7 Å². The van der Waals surface area contributed by atoms with E-state index in [9.17, 15) is 9.59 Å². The SMILES string of the molecule is CCC(=O)Nc1nc(-c2cccc(-c3ccc(C=O)o3)c2)cs1. The van der Waals surface area contributed by atoms with Gasteiger partial charge in [-0.2, -0.15) is 0 Å². The first-order chi connectivity index (χ1) is 11.2. The van der Waals surface area contributed by atoms with Crippen LogP contribution >= 0.6 is 11.3 Å². The van der Waals surface area contributed by atoms with Gasteiger partial charge in [0.15, 0.2) is 17.2 Å². The standard InChI is InChI=1S/C17H14N2O3S/c1-2-16(21)19-17-18-14(10-23-17)11-4-3-5-12(8-11)15-7-6-13(9-20)22-15/h3-10H,2H2,1H3,(H,18,19,21). The van der Waals surface area contributed by atoms with Gasteiger partial charge >= 0.3 is 0 Å². The molecule has 1 aromatic carbocycles. The molecule has 1 amide bonds. The van der Waals surface area contributed by atoms with Crippen LogP contribution in [0.4, 0.5) is 5.13 Å². The zero-order valence-corrected chi connectivity index (χ0v) is 13.2. The van der Waals surface area contributed by atoms with Gasteiger partial charge in [-0.1, -0.05) is 25.1 Å². The summed E-state index contributed by atoms with van der Waals surface area (Å²) in [4.78, 5) is 26.6. The Morgan fingerprint density at radius 2 is 2.13 bits per heavy atom. The predicted octanol–water partition coefficient (Wildman–Crippen LogP) is 4.23. The van der Waals surface area contributed by atoms with Crippen molar-refractivity contribution in [2.45, 2.75) is 13.3 Å². The van der Waals surface area contributed by atoms with Gasteiger partial charge in [-0.3, -0.25) is 9.59 Å². The summed E-state index contributed by atoms with van der Waals surface area (Å²) in [7, 11) is 0. The average Bonchev–Trinajstić information content (AvgIpc) is 3.24. The van der Waals surface area contributed by atoms with Crippen molar-refractivity contribution in [2.24, 2.45) is 0 Å². The van der Waals surface area contributed by atoms with Gasteiger partial charge in [0.1, 0.15) is 5.76 Å². The molecule has 0 spiro atoms. The minimum Gasteiger partial charge on any atom is -0.453 e. The summed E-state index contributed by atoms with van der Waals surface area (Å²) in [5, 5.41) is 5.22. The number of benzene rings is 1. The van der Waals surface area contributed by atoms with Gasteiger partial charge in [0.25, 0.3) is 0 Å². The quantitative estimate of drug-likeness (QED) is 0.712. The van der Waals surface area contributed by atoms with Crippen molar-refractivity contribution in [3.63, 3.8) is 0 Å². The lowest BCUT2D eigenvalue weighted by Gasteiger charge is -2.01. The van der Waals surface area contributed by atoms with Crippen LogP contribution in [0.1, 0.15) is 23.9 Å². The maximum Gasteiger partial charge on any atom is 0.225 e. The lowest BCUT2D eigenvalue weighted by Crippen LogP contribution is -2.08. The third kappa shape index (κ3) is 3.37. The van der Waals surface area contributed by atoms with Crippen molar-refractivity contribution < 1.29 is 14.0 Å². The molecule has 5 nitrogen and oxygen atoms in total. The van der Waals surface area contributed by atoms with Crippen LogP contribution in [0.3, 0.4) is 0 Å². The van der Waals surface area contributed by atoms with Crippen LogP contribution in [-0.2, 0) is 4.79 Å². The molecule has 23 heavy (non-hydrogen) atoms. The summed E-state index contributed by atoms with van der Waals surface area (Å²) in [6, 6.07) is 11.1. The molecule has 2 aromatic heterocycles. The second-order valence-corrected chi connectivity index (χ2v) is 5.70. The number of thiazole rings is 1. The Morgan fingerprint density at radius 1 is 1.30 bits per heavy atom. The van der Waals surface area contributed by atoms with Crippen LogP contribution in [0.5, 0.6) is 0 Å². The van der Waals surface area contributed by atoms with E-state index in [1.807, 2.05) is 29.6 Å². The molecule has 0 radical (unpaired) electrons. The van der Waals surface area contributed by atoms with Crippen molar-refractivity contribution in [1.82, 2.24) is 4.98 Å². The molecule has 0 saturated carbocycles. The molecule has 0 fully saturated rings. The molecule has 0 atom stereocenters. The van der Waals surface area contributed by atoms with E-state index in [1.165, 1.54) is 11.3 Å². The maximum absolute atomic E-state index is 11.4. The Hall–Kier alpha value is -2.73. The first-order valence-corrected chi connectivity index (χ1v) is 7.98. The number of aldehydes is 1. The fourth-order valence-corrected chi connectivity index (χ4v) is 2.81. The molecule has 0 aliphatic carbocycles. The van der Waals surface area contributed by atoms with E-state index in [0.717, 1.165) is 16.8 Å². The minimum atomic E-state index is -0.0587. The Morgan fingerprint density at radius 3 is 2.87 bits per heavy atom. The second-order valence-electron chi connectivity index (χ2n) is 4.84. The largest absolute Gasteiger partial charge is 0.453 e. The van der Waals surface area contributed by atoms with E-state index in [4.69, 9.17) is 4.42 Å². The zero-order valence-electron chi connectivity index (χ0n) is 12.4. The average molecular weight is 326 g/mol. The van der Waals surface area contributed by atoms with Crippen molar-refractivity contribution in [2.75, 3.05) is 5.32 Å². The normalized spacial score (nSPS) is 10.5. The molecule has 0 saturated heterocycles. The van der Waals surface area contributed by atoms with Crippen molar-refractivity contribution in [3.8, 4) is 22.6 Å². The number of hydrogen-bond donors (Lipinski definition) is 1. The van der Waals surface area contributed by atoms with Gasteiger partial charge in [-0.05, 0) is 18.2 Å². The molecule has 0 aliphatic rings. The van der Waals surface area contributed by atoms with E-state index in [-0.39, 0.29) is 5.91 Å². The van der Waals surface area contributed by atoms with Crippen molar-refractivity contribution in [1.29, 1.82) is 0 Å². The Kier molecular flexibility index (Phi) is 4.34. The summed E-state index contributed by atoms with van der Waals surface area (Å²) in [5.41, 5.74) is 2.56. The van der Waals surface area contributed by atoms with E-state index in [1.54, 1.807) is 19.1 Å². The van der Waals surface area contributed by atoms with Gasteiger partial charge in [0.05, 0.1) is 5.69 Å². The van der Waals surface area contributed by atoms with Gasteiger partial charge in [-0.25, -0.2) is 4.98 Å². The van der Waals surface area contributed by atoms with Gasteiger partial charge in [-0.15, -0.1) is 11.3 Å². The first kappa shape index (κ1) is 15.2. The van der Waals surface area contributed by atoms with Crippen molar-refractivity contribution in [3.05, 3.63) is 47.5 Å². The van der Waals surface area contributed by atoms with E-state index < -0.39 is 0 Å². The Labute approximate surface area is 137 Å².